The summed E-state index contributed by atoms with van der Waals surface area (Å²) < 4.78 is 47.6. The van der Waals surface area contributed by atoms with Crippen LogP contribution < -0.4 is 30.6 Å². The van der Waals surface area contributed by atoms with Gasteiger partial charge >= 0.3 is 12.1 Å². The summed E-state index contributed by atoms with van der Waals surface area (Å²) in [5.74, 6) is -1.25. The highest BCUT2D eigenvalue weighted by molar-refractivity contribution is 5.98. The summed E-state index contributed by atoms with van der Waals surface area (Å²) in [6.07, 6.45) is -3.03. The molecule has 236 valence electrons. The summed E-state index contributed by atoms with van der Waals surface area (Å²) in [7, 11) is 4.72. The van der Waals surface area contributed by atoms with E-state index < -0.39 is 18.2 Å². The second kappa shape index (κ2) is 15.7. The number of guanidine groups is 1. The van der Waals surface area contributed by atoms with Gasteiger partial charge in [0.2, 0.25) is 11.8 Å². The molecule has 0 fully saturated rings. The first kappa shape index (κ1) is 34.7. The summed E-state index contributed by atoms with van der Waals surface area (Å²) in [5, 5.41) is 12.8. The van der Waals surface area contributed by atoms with Gasteiger partial charge < -0.3 is 30.4 Å². The zero-order valence-corrected chi connectivity index (χ0v) is 24.6. The molecule has 0 saturated carbocycles. The van der Waals surface area contributed by atoms with Gasteiger partial charge in [0.1, 0.15) is 11.8 Å². The van der Waals surface area contributed by atoms with E-state index in [0.717, 1.165) is 24.2 Å². The van der Waals surface area contributed by atoms with Crippen LogP contribution >= 0.6 is 0 Å². The highest BCUT2D eigenvalue weighted by Gasteiger charge is 2.38. The minimum absolute atomic E-state index is 0.0228. The Balaban J connectivity index is 0.000000821. The van der Waals surface area contributed by atoms with Gasteiger partial charge in [-0.1, -0.05) is 26.0 Å². The van der Waals surface area contributed by atoms with E-state index in [-0.39, 0.29) is 36.2 Å². The Kier molecular flexibility index (Phi) is 12.6. The topological polar surface area (TPSA) is 162 Å². The van der Waals surface area contributed by atoms with Crippen LogP contribution in [0.1, 0.15) is 37.0 Å². The smallest absolute Gasteiger partial charge is 0.490 e. The first-order chi connectivity index (χ1) is 20.2. The number of aliphatic imine (C=N–C) groups is 1. The fourth-order valence-corrected chi connectivity index (χ4v) is 4.35. The number of hydrogen-bond donors (Lipinski definition) is 4. The van der Waals surface area contributed by atoms with Gasteiger partial charge in [0.25, 0.3) is 0 Å². The van der Waals surface area contributed by atoms with Crippen LogP contribution in [0.2, 0.25) is 0 Å². The van der Waals surface area contributed by atoms with Crippen LogP contribution in [-0.4, -0.2) is 68.4 Å². The minimum atomic E-state index is -5.08. The lowest BCUT2D eigenvalue weighted by Gasteiger charge is -2.19. The Morgan fingerprint density at radius 3 is 2.19 bits per heavy atom. The Morgan fingerprint density at radius 1 is 1.00 bits per heavy atom. The number of carbonyl (C=O) groups excluding carboxylic acids is 2. The van der Waals surface area contributed by atoms with Gasteiger partial charge in [0.05, 0.1) is 27.8 Å². The van der Waals surface area contributed by atoms with E-state index in [2.05, 4.69) is 15.6 Å². The molecule has 0 spiro atoms. The Labute approximate surface area is 247 Å². The SMILES string of the molecule is COc1ccc2c(c1)CC(NC(=O)[C@@H](CC(C)C)N=C(N)NC(=O)Cc1ccc(OC)c(OC)c1)C2.O=C(O)C(F)(F)F. The number of nitrogens with two attached hydrogens (primary N) is 1. The number of benzene rings is 2. The summed E-state index contributed by atoms with van der Waals surface area (Å²) in [6.45, 7) is 4.03. The minimum Gasteiger partial charge on any atom is -0.497 e. The third kappa shape index (κ3) is 11.0. The van der Waals surface area contributed by atoms with Gasteiger partial charge in [-0.2, -0.15) is 13.2 Å². The number of alkyl halides is 3. The van der Waals surface area contributed by atoms with Crippen LogP contribution in [-0.2, 0) is 33.6 Å². The number of carboxylic acids is 1. The standard InChI is InChI=1S/C27H36N4O5.C2HF3O2/c1-16(2)10-22(26(33)29-20-13-18-7-8-21(34-3)15-19(18)14-20)30-27(28)31-25(32)12-17-6-9-23(35-4)24(11-17)36-5;3-2(4,5)1(6)7/h6-9,11,15-16,20,22H,10,12-14H2,1-5H3,(H,29,33)(H3,28,30,31,32);(H,6,7)/t20?,22-;/m1./s1. The van der Waals surface area contributed by atoms with E-state index in [1.807, 2.05) is 32.0 Å². The molecule has 3 rings (SSSR count). The van der Waals surface area contributed by atoms with Crippen molar-refractivity contribution in [3.8, 4) is 17.2 Å². The third-order valence-electron chi connectivity index (χ3n) is 6.31. The van der Waals surface area contributed by atoms with Gasteiger partial charge in [-0.3, -0.25) is 14.9 Å². The van der Waals surface area contributed by atoms with Crippen molar-refractivity contribution in [2.75, 3.05) is 21.3 Å². The molecule has 0 saturated heterocycles. The zero-order valence-electron chi connectivity index (χ0n) is 24.6. The van der Waals surface area contributed by atoms with Crippen molar-refractivity contribution < 1.29 is 46.9 Å². The molecule has 0 heterocycles. The second-order valence-electron chi connectivity index (χ2n) is 10.1. The molecular weight excluding hydrogens is 573 g/mol. The Bertz CT molecular complexity index is 1320. The van der Waals surface area contributed by atoms with Crippen molar-refractivity contribution in [3.05, 3.63) is 53.1 Å². The average molecular weight is 611 g/mol. The number of carboxylic acid groups (broad SMARTS) is 1. The first-order valence-electron chi connectivity index (χ1n) is 13.3. The van der Waals surface area contributed by atoms with Crippen LogP contribution in [0.5, 0.6) is 17.2 Å². The van der Waals surface area contributed by atoms with Crippen molar-refractivity contribution in [1.29, 1.82) is 0 Å². The zero-order chi connectivity index (χ0) is 32.3. The Hall–Kier alpha value is -4.49. The number of aliphatic carboxylic acids is 1. The molecule has 1 unspecified atom stereocenters. The molecule has 2 amide bonds. The molecular formula is C29H37F3N4O7. The van der Waals surface area contributed by atoms with Crippen LogP contribution in [0.3, 0.4) is 0 Å². The molecule has 2 aromatic carbocycles. The molecule has 5 N–H and O–H groups in total. The fourth-order valence-electron chi connectivity index (χ4n) is 4.35. The van der Waals surface area contributed by atoms with Crippen LogP contribution in [0.15, 0.2) is 41.4 Å². The first-order valence-corrected chi connectivity index (χ1v) is 13.3. The Morgan fingerprint density at radius 2 is 1.63 bits per heavy atom. The summed E-state index contributed by atoms with van der Waals surface area (Å²) in [6, 6.07) is 10.5. The number of rotatable bonds is 10. The molecule has 14 heteroatoms. The fraction of sp³-hybridized carbons (Fsp3) is 0.448. The van der Waals surface area contributed by atoms with Crippen molar-refractivity contribution in [1.82, 2.24) is 10.6 Å². The molecule has 1 aliphatic rings. The van der Waals surface area contributed by atoms with E-state index in [9.17, 15) is 22.8 Å². The quantitative estimate of drug-likeness (QED) is 0.236. The number of halogens is 3. The van der Waals surface area contributed by atoms with Crippen molar-refractivity contribution >= 4 is 23.7 Å². The number of carbonyl (C=O) groups is 3. The number of hydrogen-bond acceptors (Lipinski definition) is 7. The molecule has 0 bridgehead atoms. The van der Waals surface area contributed by atoms with Crippen molar-refractivity contribution in [2.45, 2.75) is 57.8 Å². The number of fused-ring (bicyclic) bond motifs is 1. The summed E-state index contributed by atoms with van der Waals surface area (Å²) >= 11 is 0. The van der Waals surface area contributed by atoms with Crippen molar-refractivity contribution in [2.24, 2.45) is 16.6 Å². The molecule has 2 aromatic rings. The molecule has 0 aliphatic heterocycles. The second-order valence-corrected chi connectivity index (χ2v) is 10.1. The van der Waals surface area contributed by atoms with Crippen LogP contribution in [0, 0.1) is 5.92 Å². The number of ether oxygens (including phenoxy) is 3. The summed E-state index contributed by atoms with van der Waals surface area (Å²) in [4.78, 5) is 38.9. The molecule has 0 aromatic heterocycles. The maximum atomic E-state index is 13.1. The predicted octanol–water partition coefficient (Wildman–Crippen LogP) is 3.02. The highest BCUT2D eigenvalue weighted by atomic mass is 19.4. The number of nitrogens with zero attached hydrogens (tertiary/aromatic N) is 1. The monoisotopic (exact) mass is 610 g/mol. The average Bonchev–Trinajstić information content (AvgIpc) is 3.33. The van der Waals surface area contributed by atoms with Crippen LogP contribution in [0.4, 0.5) is 13.2 Å². The molecule has 0 radical (unpaired) electrons. The number of methoxy groups -OCH3 is 3. The molecule has 2 atom stereocenters. The largest absolute Gasteiger partial charge is 0.497 e. The number of amides is 2. The van der Waals surface area contributed by atoms with Gasteiger partial charge in [-0.05, 0) is 66.1 Å². The molecule has 11 nitrogen and oxygen atoms in total. The highest BCUT2D eigenvalue weighted by Crippen LogP contribution is 2.28. The lowest BCUT2D eigenvalue weighted by Crippen LogP contribution is -2.44. The van der Waals surface area contributed by atoms with Gasteiger partial charge in [-0.25, -0.2) is 9.79 Å². The van der Waals surface area contributed by atoms with Gasteiger partial charge in [0, 0.05) is 6.04 Å². The predicted molar refractivity (Wildman–Crippen MR) is 152 cm³/mol. The van der Waals surface area contributed by atoms with Gasteiger partial charge in [-0.15, -0.1) is 0 Å². The summed E-state index contributed by atoms with van der Waals surface area (Å²) in [5.41, 5.74) is 9.13. The third-order valence-corrected chi connectivity index (χ3v) is 6.31. The molecule has 43 heavy (non-hydrogen) atoms. The van der Waals surface area contributed by atoms with E-state index in [0.29, 0.717) is 17.9 Å². The van der Waals surface area contributed by atoms with E-state index >= 15 is 0 Å². The normalized spacial score (nSPS) is 15.0. The van der Waals surface area contributed by atoms with E-state index in [1.54, 1.807) is 32.4 Å². The maximum Gasteiger partial charge on any atom is 0.490 e. The van der Waals surface area contributed by atoms with Crippen LogP contribution in [0.25, 0.3) is 0 Å². The van der Waals surface area contributed by atoms with E-state index in [4.69, 9.17) is 29.8 Å². The lowest BCUT2D eigenvalue weighted by molar-refractivity contribution is -0.192. The molecule has 1 aliphatic carbocycles. The van der Waals surface area contributed by atoms with E-state index in [1.165, 1.54) is 18.2 Å². The number of nitrogens with one attached hydrogen (secondary N) is 2. The maximum absolute atomic E-state index is 13.1. The van der Waals surface area contributed by atoms with Gasteiger partial charge in [0.15, 0.2) is 17.5 Å². The lowest BCUT2D eigenvalue weighted by atomic mass is 10.0. The van der Waals surface area contributed by atoms with Crippen molar-refractivity contribution in [3.63, 3.8) is 0 Å².